The van der Waals surface area contributed by atoms with Crippen molar-refractivity contribution in [1.29, 1.82) is 0 Å². The van der Waals surface area contributed by atoms with Gasteiger partial charge in [0.25, 0.3) is 5.69 Å². The molecular formula is C18H21N3O4. The van der Waals surface area contributed by atoms with Crippen molar-refractivity contribution in [2.75, 3.05) is 6.61 Å². The number of nitrogens with zero attached hydrogens (tertiary/aromatic N) is 1. The summed E-state index contributed by atoms with van der Waals surface area (Å²) in [6, 6.07) is 12.6. The number of amides is 2. The van der Waals surface area contributed by atoms with Crippen LogP contribution in [0.4, 0.5) is 10.5 Å². The van der Waals surface area contributed by atoms with Gasteiger partial charge in [0.2, 0.25) is 0 Å². The van der Waals surface area contributed by atoms with Crippen LogP contribution < -0.4 is 10.6 Å². The van der Waals surface area contributed by atoms with Crippen LogP contribution in [0.5, 0.6) is 0 Å². The number of aliphatic hydroxyl groups excluding tert-OH is 1. The van der Waals surface area contributed by atoms with Gasteiger partial charge in [-0.05, 0) is 25.0 Å². The van der Waals surface area contributed by atoms with E-state index in [-0.39, 0.29) is 12.3 Å². The van der Waals surface area contributed by atoms with Crippen molar-refractivity contribution in [3.63, 3.8) is 0 Å². The lowest BCUT2D eigenvalue weighted by atomic mass is 10.0. The molecule has 132 valence electrons. The molecule has 0 radical (unpaired) electrons. The van der Waals surface area contributed by atoms with Gasteiger partial charge in [0.05, 0.1) is 23.6 Å². The maximum atomic E-state index is 12.2. The highest BCUT2D eigenvalue weighted by Gasteiger charge is 2.18. The lowest BCUT2D eigenvalue weighted by Gasteiger charge is -2.20. The van der Waals surface area contributed by atoms with Gasteiger partial charge in [-0.2, -0.15) is 0 Å². The topological polar surface area (TPSA) is 104 Å². The van der Waals surface area contributed by atoms with E-state index >= 15 is 0 Å². The van der Waals surface area contributed by atoms with Crippen LogP contribution in [-0.4, -0.2) is 22.7 Å². The zero-order chi connectivity index (χ0) is 18.4. The van der Waals surface area contributed by atoms with Crippen molar-refractivity contribution >= 4 is 11.7 Å². The molecule has 0 aromatic heterocycles. The molecule has 0 saturated heterocycles. The van der Waals surface area contributed by atoms with Gasteiger partial charge in [-0.15, -0.1) is 0 Å². The van der Waals surface area contributed by atoms with Gasteiger partial charge in [0.15, 0.2) is 0 Å². The van der Waals surface area contributed by atoms with E-state index in [0.29, 0.717) is 11.1 Å². The SMILES string of the molecule is Cc1ccc(C(C)NC(=O)N[C@H](CO)c2ccccc2)cc1[N+](=O)[O-]. The Morgan fingerprint density at radius 3 is 2.44 bits per heavy atom. The summed E-state index contributed by atoms with van der Waals surface area (Å²) in [5.41, 5.74) is 2.00. The van der Waals surface area contributed by atoms with Gasteiger partial charge in [0, 0.05) is 11.6 Å². The Balaban J connectivity index is 2.05. The van der Waals surface area contributed by atoms with E-state index in [0.717, 1.165) is 5.56 Å². The fraction of sp³-hybridized carbons (Fsp3) is 0.278. The van der Waals surface area contributed by atoms with Crippen LogP contribution in [0.25, 0.3) is 0 Å². The number of benzene rings is 2. The number of nitrogens with one attached hydrogen (secondary N) is 2. The number of aliphatic hydroxyl groups is 1. The van der Waals surface area contributed by atoms with Crippen molar-refractivity contribution in [2.24, 2.45) is 0 Å². The molecule has 0 spiro atoms. The predicted octanol–water partition coefficient (Wildman–Crippen LogP) is 3.00. The van der Waals surface area contributed by atoms with Gasteiger partial charge < -0.3 is 15.7 Å². The van der Waals surface area contributed by atoms with Crippen molar-refractivity contribution in [1.82, 2.24) is 10.6 Å². The van der Waals surface area contributed by atoms with E-state index in [4.69, 9.17) is 0 Å². The van der Waals surface area contributed by atoms with Crippen molar-refractivity contribution in [3.8, 4) is 0 Å². The van der Waals surface area contributed by atoms with E-state index in [9.17, 15) is 20.0 Å². The first-order chi connectivity index (χ1) is 11.9. The molecule has 7 heteroatoms. The molecule has 0 aliphatic heterocycles. The molecule has 2 amide bonds. The predicted molar refractivity (Wildman–Crippen MR) is 94.2 cm³/mol. The minimum Gasteiger partial charge on any atom is -0.394 e. The highest BCUT2D eigenvalue weighted by Crippen LogP contribution is 2.23. The molecule has 2 atom stereocenters. The molecule has 1 unspecified atom stereocenters. The van der Waals surface area contributed by atoms with Crippen LogP contribution >= 0.6 is 0 Å². The Kier molecular flexibility index (Phi) is 6.08. The van der Waals surface area contributed by atoms with Crippen molar-refractivity contribution < 1.29 is 14.8 Å². The first-order valence-electron chi connectivity index (χ1n) is 7.90. The summed E-state index contributed by atoms with van der Waals surface area (Å²) in [4.78, 5) is 22.8. The number of urea groups is 1. The Bertz CT molecular complexity index is 749. The second kappa shape index (κ2) is 8.25. The van der Waals surface area contributed by atoms with E-state index in [2.05, 4.69) is 10.6 Å². The van der Waals surface area contributed by atoms with E-state index < -0.39 is 23.0 Å². The van der Waals surface area contributed by atoms with E-state index in [1.807, 2.05) is 30.3 Å². The van der Waals surface area contributed by atoms with E-state index in [1.54, 1.807) is 26.0 Å². The largest absolute Gasteiger partial charge is 0.394 e. The van der Waals surface area contributed by atoms with E-state index in [1.165, 1.54) is 6.07 Å². The fourth-order valence-corrected chi connectivity index (χ4v) is 2.49. The smallest absolute Gasteiger partial charge is 0.315 e. The number of nitro benzene ring substituents is 1. The lowest BCUT2D eigenvalue weighted by molar-refractivity contribution is -0.385. The molecule has 0 aliphatic rings. The number of nitro groups is 1. The molecule has 7 nitrogen and oxygen atoms in total. The van der Waals surface area contributed by atoms with Crippen LogP contribution in [0.1, 0.15) is 35.7 Å². The number of hydrogen-bond donors (Lipinski definition) is 3. The quantitative estimate of drug-likeness (QED) is 0.554. The Labute approximate surface area is 145 Å². The molecule has 3 N–H and O–H groups in total. The minimum atomic E-state index is -0.527. The average Bonchev–Trinajstić information content (AvgIpc) is 2.60. The Morgan fingerprint density at radius 1 is 1.16 bits per heavy atom. The van der Waals surface area contributed by atoms with Crippen molar-refractivity contribution in [3.05, 3.63) is 75.3 Å². The molecular weight excluding hydrogens is 322 g/mol. The Hall–Kier alpha value is -2.93. The summed E-state index contributed by atoms with van der Waals surface area (Å²) in [5.74, 6) is 0. The van der Waals surface area contributed by atoms with Gasteiger partial charge in [0.1, 0.15) is 0 Å². The fourth-order valence-electron chi connectivity index (χ4n) is 2.49. The average molecular weight is 343 g/mol. The highest BCUT2D eigenvalue weighted by atomic mass is 16.6. The maximum Gasteiger partial charge on any atom is 0.315 e. The zero-order valence-electron chi connectivity index (χ0n) is 14.1. The highest BCUT2D eigenvalue weighted by molar-refractivity contribution is 5.75. The number of aryl methyl sites for hydroxylation is 1. The third-order valence-electron chi connectivity index (χ3n) is 3.97. The summed E-state index contributed by atoms with van der Waals surface area (Å²) < 4.78 is 0. The first-order valence-corrected chi connectivity index (χ1v) is 7.90. The third-order valence-corrected chi connectivity index (χ3v) is 3.97. The number of hydrogen-bond acceptors (Lipinski definition) is 4. The summed E-state index contributed by atoms with van der Waals surface area (Å²) in [6.45, 7) is 3.17. The molecule has 2 aromatic rings. The molecule has 0 fully saturated rings. The van der Waals surface area contributed by atoms with Gasteiger partial charge in [-0.3, -0.25) is 10.1 Å². The van der Waals surface area contributed by atoms with Crippen LogP contribution in [0.15, 0.2) is 48.5 Å². The maximum absolute atomic E-state index is 12.2. The van der Waals surface area contributed by atoms with Gasteiger partial charge in [-0.25, -0.2) is 4.79 Å². The summed E-state index contributed by atoms with van der Waals surface area (Å²) in [5, 5.41) is 26.0. The summed E-state index contributed by atoms with van der Waals surface area (Å²) in [7, 11) is 0. The van der Waals surface area contributed by atoms with Crippen molar-refractivity contribution in [2.45, 2.75) is 25.9 Å². The van der Waals surface area contributed by atoms with Crippen LogP contribution in [0.2, 0.25) is 0 Å². The third kappa shape index (κ3) is 4.77. The minimum absolute atomic E-state index is 0.0177. The number of carbonyl (C=O) groups excluding carboxylic acids is 1. The standard InChI is InChI=1S/C18H21N3O4/c1-12-8-9-15(10-17(12)21(24)25)13(2)19-18(23)20-16(11-22)14-6-4-3-5-7-14/h3-10,13,16,22H,11H2,1-2H3,(H2,19,20,23)/t13?,16-/m1/s1. The molecule has 0 bridgehead atoms. The summed E-state index contributed by atoms with van der Waals surface area (Å²) in [6.07, 6.45) is 0. The molecule has 2 aromatic carbocycles. The molecule has 0 heterocycles. The first kappa shape index (κ1) is 18.4. The zero-order valence-corrected chi connectivity index (χ0v) is 14.1. The second-order valence-electron chi connectivity index (χ2n) is 5.79. The van der Waals surface area contributed by atoms with Crippen LogP contribution in [0, 0.1) is 17.0 Å². The molecule has 2 rings (SSSR count). The van der Waals surface area contributed by atoms with Gasteiger partial charge in [-0.1, -0.05) is 42.5 Å². The lowest BCUT2D eigenvalue weighted by Crippen LogP contribution is -2.40. The molecule has 25 heavy (non-hydrogen) atoms. The Morgan fingerprint density at radius 2 is 1.84 bits per heavy atom. The number of rotatable bonds is 6. The van der Waals surface area contributed by atoms with Crippen LogP contribution in [-0.2, 0) is 0 Å². The summed E-state index contributed by atoms with van der Waals surface area (Å²) >= 11 is 0. The normalized spacial score (nSPS) is 12.9. The van der Waals surface area contributed by atoms with Crippen LogP contribution in [0.3, 0.4) is 0 Å². The number of carbonyl (C=O) groups is 1. The monoisotopic (exact) mass is 343 g/mol. The molecule has 0 saturated carbocycles. The molecule has 0 aliphatic carbocycles. The van der Waals surface area contributed by atoms with Gasteiger partial charge >= 0.3 is 6.03 Å². The second-order valence-corrected chi connectivity index (χ2v) is 5.79.